The van der Waals surface area contributed by atoms with Crippen molar-refractivity contribution in [2.45, 2.75) is 133 Å². The molecule has 300 valence electrons. The van der Waals surface area contributed by atoms with E-state index in [1.165, 1.54) is 44.6 Å². The van der Waals surface area contributed by atoms with Gasteiger partial charge in [0, 0.05) is 32.3 Å². The van der Waals surface area contributed by atoms with E-state index in [-0.39, 0.29) is 57.6 Å². The number of fused-ring (bicyclic) bond motifs is 7. The van der Waals surface area contributed by atoms with Crippen molar-refractivity contribution in [3.63, 3.8) is 0 Å². The van der Waals surface area contributed by atoms with Crippen LogP contribution in [-0.2, 0) is 33.4 Å². The molecule has 10 heteroatoms. The van der Waals surface area contributed by atoms with Crippen LogP contribution >= 0.6 is 0 Å². The van der Waals surface area contributed by atoms with Crippen LogP contribution in [0.4, 0.5) is 0 Å². The highest BCUT2D eigenvalue weighted by molar-refractivity contribution is 5.87. The first-order valence-electron chi connectivity index (χ1n) is 20.1. The number of aliphatic carboxylic acids is 1. The van der Waals surface area contributed by atoms with Crippen LogP contribution in [0.15, 0.2) is 35.9 Å². The van der Waals surface area contributed by atoms with E-state index >= 15 is 0 Å². The van der Waals surface area contributed by atoms with Crippen LogP contribution in [0.1, 0.15) is 132 Å². The molecule has 6 rings (SSSR count). The number of hydrogen-bond donors (Lipinski definition) is 1. The minimum absolute atomic E-state index is 0.0355. The highest BCUT2D eigenvalue weighted by Gasteiger charge is 2.70. The largest absolute Gasteiger partial charge is 0.481 e. The van der Waals surface area contributed by atoms with Crippen LogP contribution < -0.4 is 9.47 Å². The zero-order valence-corrected chi connectivity index (χ0v) is 34.2. The maximum absolute atomic E-state index is 13.3. The van der Waals surface area contributed by atoms with E-state index in [0.717, 1.165) is 51.4 Å². The van der Waals surface area contributed by atoms with Crippen LogP contribution in [0.25, 0.3) is 6.08 Å². The van der Waals surface area contributed by atoms with E-state index in [0.29, 0.717) is 24.3 Å². The van der Waals surface area contributed by atoms with Crippen LogP contribution in [0, 0.1) is 50.2 Å². The number of carbonyl (C=O) groups excluding carboxylic acids is 4. The summed E-state index contributed by atoms with van der Waals surface area (Å²) in [5.41, 5.74) is 0.331. The fourth-order valence-corrected chi connectivity index (χ4v) is 12.5. The molecule has 1 N–H and O–H groups in total. The third-order valence-electron chi connectivity index (χ3n) is 15.5. The van der Waals surface area contributed by atoms with Gasteiger partial charge in [-0.3, -0.25) is 19.2 Å². The second-order valence-corrected chi connectivity index (χ2v) is 19.2. The second-order valence-electron chi connectivity index (χ2n) is 19.2. The highest BCUT2D eigenvalue weighted by Crippen LogP contribution is 2.76. The lowest BCUT2D eigenvalue weighted by Gasteiger charge is -2.71. The lowest BCUT2D eigenvalue weighted by molar-refractivity contribution is -0.226. The quantitative estimate of drug-likeness (QED) is 0.118. The van der Waals surface area contributed by atoms with Gasteiger partial charge >= 0.3 is 29.8 Å². The number of carbonyl (C=O) groups is 5. The van der Waals surface area contributed by atoms with Gasteiger partial charge in [0.05, 0.1) is 5.41 Å². The van der Waals surface area contributed by atoms with Crippen LogP contribution in [0.3, 0.4) is 0 Å². The maximum Gasteiger partial charge on any atom is 0.330 e. The van der Waals surface area contributed by atoms with Crippen molar-refractivity contribution >= 4 is 35.9 Å². The average Bonchev–Trinajstić information content (AvgIpc) is 3.08. The van der Waals surface area contributed by atoms with Crippen molar-refractivity contribution in [1.29, 1.82) is 0 Å². The molecule has 1 aromatic carbocycles. The first-order chi connectivity index (χ1) is 25.6. The first-order valence-corrected chi connectivity index (χ1v) is 20.1. The molecule has 0 amide bonds. The van der Waals surface area contributed by atoms with Crippen LogP contribution in [0.2, 0.25) is 0 Å². The molecule has 0 bridgehead atoms. The molecule has 10 nitrogen and oxygen atoms in total. The molecule has 4 fully saturated rings. The normalized spacial score (nSPS) is 37.5. The molecule has 5 aliphatic carbocycles. The topological polar surface area (TPSA) is 143 Å². The van der Waals surface area contributed by atoms with Crippen molar-refractivity contribution in [3.8, 4) is 11.5 Å². The zero-order chi connectivity index (χ0) is 40.4. The van der Waals surface area contributed by atoms with Crippen molar-refractivity contribution in [3.05, 3.63) is 41.5 Å². The number of benzene rings is 1. The Hall–Kier alpha value is -3.95. The Morgan fingerprint density at radius 3 is 2.13 bits per heavy atom. The summed E-state index contributed by atoms with van der Waals surface area (Å²) in [7, 11) is 0. The van der Waals surface area contributed by atoms with Crippen molar-refractivity contribution in [2.24, 2.45) is 50.2 Å². The summed E-state index contributed by atoms with van der Waals surface area (Å²) in [5, 5.41) is 10.7. The lowest BCUT2D eigenvalue weighted by Crippen LogP contribution is -2.66. The summed E-state index contributed by atoms with van der Waals surface area (Å²) >= 11 is 0. The van der Waals surface area contributed by atoms with Gasteiger partial charge in [-0.2, -0.15) is 0 Å². The summed E-state index contributed by atoms with van der Waals surface area (Å²) in [6, 6.07) is 4.62. The summed E-state index contributed by atoms with van der Waals surface area (Å²) < 4.78 is 22.4. The highest BCUT2D eigenvalue weighted by atomic mass is 16.6. The molecular formula is C45H60O10. The van der Waals surface area contributed by atoms with E-state index in [9.17, 15) is 29.1 Å². The molecule has 5 aliphatic rings. The number of allylic oxidation sites excluding steroid dienone is 2. The summed E-state index contributed by atoms with van der Waals surface area (Å²) in [5.74, 6) is -2.11. The number of carboxylic acid groups (broad SMARTS) is 1. The molecule has 0 aromatic heterocycles. The summed E-state index contributed by atoms with van der Waals surface area (Å²) in [4.78, 5) is 62.1. The Balaban J connectivity index is 1.27. The van der Waals surface area contributed by atoms with E-state index in [1.54, 1.807) is 12.1 Å². The fourth-order valence-electron chi connectivity index (χ4n) is 12.5. The van der Waals surface area contributed by atoms with Gasteiger partial charge in [-0.05, 0) is 127 Å². The van der Waals surface area contributed by atoms with Crippen molar-refractivity contribution in [1.82, 2.24) is 0 Å². The van der Waals surface area contributed by atoms with E-state index in [2.05, 4.69) is 47.6 Å². The minimum atomic E-state index is -0.692. The molecular weight excluding hydrogens is 700 g/mol. The van der Waals surface area contributed by atoms with E-state index in [1.807, 2.05) is 0 Å². The Morgan fingerprint density at radius 1 is 0.800 bits per heavy atom. The molecule has 9 atom stereocenters. The first kappa shape index (κ1) is 40.7. The number of esters is 4. The standard InChI is InChI=1S/C45H60O10/c1-27(46)53-33-13-10-30(24-34(33)54-28(2)47)11-15-38(49)52-26-42(7)35-16-19-44(9)36(41(35,6)18-17-37(42)55-29(3)48)14-12-31-32-25-40(4,5)20-22-45(32,39(50)51)23-21-43(31,44)8/h10-13,15,24,32,35-37H,14,16-23,25-26H2,1-9H3,(H,50,51)/b15-11+/t32-,35+,36+,37-,41-,42-,43+,44+,45-/m0/s1. The number of carboxylic acids is 1. The predicted molar refractivity (Wildman–Crippen MR) is 206 cm³/mol. The predicted octanol–water partition coefficient (Wildman–Crippen LogP) is 8.89. The fraction of sp³-hybridized carbons (Fsp3) is 0.667. The smallest absolute Gasteiger partial charge is 0.330 e. The van der Waals surface area contributed by atoms with Gasteiger partial charge in [0.25, 0.3) is 0 Å². The van der Waals surface area contributed by atoms with Gasteiger partial charge in [0.15, 0.2) is 11.5 Å². The molecule has 1 aromatic rings. The molecule has 0 heterocycles. The van der Waals surface area contributed by atoms with E-state index in [4.69, 9.17) is 18.9 Å². The summed E-state index contributed by atoms with van der Waals surface area (Å²) in [6.07, 6.45) is 13.2. The Bertz CT molecular complexity index is 1820. The van der Waals surface area contributed by atoms with Gasteiger partial charge in [-0.1, -0.05) is 59.3 Å². The Labute approximate surface area is 325 Å². The average molecular weight is 761 g/mol. The molecule has 0 spiro atoms. The number of rotatable bonds is 8. The van der Waals surface area contributed by atoms with Gasteiger partial charge in [-0.15, -0.1) is 0 Å². The Kier molecular flexibility index (Phi) is 10.5. The van der Waals surface area contributed by atoms with Gasteiger partial charge in [0.2, 0.25) is 0 Å². The third-order valence-corrected chi connectivity index (χ3v) is 15.5. The maximum atomic E-state index is 13.3. The molecule has 4 saturated carbocycles. The SMILES string of the molecule is CC(=O)Oc1ccc(/C=C/C(=O)OC[C@@]2(C)[C@@H]3CC[C@]4(C)[C@H](CC=C5[C@@H]6CC(C)(C)CC[C@]6(C(=O)O)CC[C@]54C)[C@@]3(C)CC[C@@H]2OC(C)=O)cc1OC(C)=O. The van der Waals surface area contributed by atoms with Crippen molar-refractivity contribution in [2.75, 3.05) is 6.61 Å². The number of ether oxygens (including phenoxy) is 4. The molecule has 0 saturated heterocycles. The monoisotopic (exact) mass is 760 g/mol. The zero-order valence-electron chi connectivity index (χ0n) is 34.2. The molecule has 0 unspecified atom stereocenters. The third kappa shape index (κ3) is 6.94. The molecule has 0 radical (unpaired) electrons. The van der Waals surface area contributed by atoms with Gasteiger partial charge in [-0.25, -0.2) is 4.79 Å². The van der Waals surface area contributed by atoms with Crippen LogP contribution in [0.5, 0.6) is 11.5 Å². The van der Waals surface area contributed by atoms with Gasteiger partial charge < -0.3 is 24.1 Å². The Morgan fingerprint density at radius 2 is 1.47 bits per heavy atom. The van der Waals surface area contributed by atoms with Crippen LogP contribution in [-0.4, -0.2) is 47.7 Å². The lowest BCUT2D eigenvalue weighted by atomic mass is 9.33. The van der Waals surface area contributed by atoms with Gasteiger partial charge in [0.1, 0.15) is 12.7 Å². The second kappa shape index (κ2) is 14.2. The van der Waals surface area contributed by atoms with Crippen molar-refractivity contribution < 1.29 is 48.0 Å². The molecule has 55 heavy (non-hydrogen) atoms. The van der Waals surface area contributed by atoms with E-state index < -0.39 is 40.8 Å². The minimum Gasteiger partial charge on any atom is -0.481 e. The summed E-state index contributed by atoms with van der Waals surface area (Å²) in [6.45, 7) is 18.0. The number of hydrogen-bond acceptors (Lipinski definition) is 9. The molecule has 0 aliphatic heterocycles.